The first-order valence-electron chi connectivity index (χ1n) is 5.94. The number of carbonyl (C=O) groups excluding carboxylic acids is 2. The van der Waals surface area contributed by atoms with E-state index in [1.165, 1.54) is 18.2 Å². The Morgan fingerprint density at radius 2 is 1.94 bits per heavy atom. The second-order valence-electron chi connectivity index (χ2n) is 3.91. The number of benzene rings is 1. The molecule has 5 heteroatoms. The molecule has 0 aliphatic rings. The van der Waals surface area contributed by atoms with Crippen molar-refractivity contribution < 1.29 is 14.0 Å². The minimum absolute atomic E-state index is 0.0869. The average Bonchev–Trinajstić information content (AvgIpc) is 2.32. The van der Waals surface area contributed by atoms with Gasteiger partial charge >= 0.3 is 0 Å². The van der Waals surface area contributed by atoms with Crippen LogP contribution in [0, 0.1) is 5.82 Å². The van der Waals surface area contributed by atoms with Crippen molar-refractivity contribution in [3.05, 3.63) is 30.1 Å². The number of nitrogens with one attached hydrogen (secondary N) is 2. The van der Waals surface area contributed by atoms with Crippen LogP contribution in [0.4, 0.5) is 10.1 Å². The van der Waals surface area contributed by atoms with Gasteiger partial charge in [-0.25, -0.2) is 4.39 Å². The Morgan fingerprint density at radius 3 is 2.61 bits per heavy atom. The monoisotopic (exact) mass is 252 g/mol. The summed E-state index contributed by atoms with van der Waals surface area (Å²) in [5.74, 6) is -1.39. The number of para-hydroxylation sites is 1. The molecular weight excluding hydrogens is 235 g/mol. The lowest BCUT2D eigenvalue weighted by atomic mass is 10.3. The van der Waals surface area contributed by atoms with Gasteiger partial charge in [0.05, 0.1) is 5.69 Å². The number of carbonyl (C=O) groups is 2. The molecule has 2 N–H and O–H groups in total. The number of hydrogen-bond donors (Lipinski definition) is 2. The normalized spacial score (nSPS) is 9.89. The number of hydrogen-bond acceptors (Lipinski definition) is 2. The van der Waals surface area contributed by atoms with Gasteiger partial charge in [0.2, 0.25) is 11.8 Å². The quantitative estimate of drug-likeness (QED) is 0.601. The highest BCUT2D eigenvalue weighted by molar-refractivity contribution is 6.03. The van der Waals surface area contributed by atoms with E-state index in [-0.39, 0.29) is 18.0 Å². The average molecular weight is 252 g/mol. The fourth-order valence-corrected chi connectivity index (χ4v) is 1.37. The van der Waals surface area contributed by atoms with Crippen molar-refractivity contribution in [1.82, 2.24) is 5.32 Å². The van der Waals surface area contributed by atoms with Gasteiger partial charge in [-0.2, -0.15) is 0 Å². The van der Waals surface area contributed by atoms with Gasteiger partial charge in [0.15, 0.2) is 0 Å². The van der Waals surface area contributed by atoms with E-state index in [0.717, 1.165) is 12.8 Å². The zero-order valence-corrected chi connectivity index (χ0v) is 10.3. The summed E-state index contributed by atoms with van der Waals surface area (Å²) in [6.07, 6.45) is 1.56. The van der Waals surface area contributed by atoms with Crippen LogP contribution in [-0.2, 0) is 9.59 Å². The molecule has 4 nitrogen and oxygen atoms in total. The standard InChI is InChI=1S/C13H17FN2O2/c1-2-3-8-15-12(17)9-13(18)16-11-7-5-4-6-10(11)14/h4-7H,2-3,8-9H2,1H3,(H,15,17)(H,16,18). The number of rotatable bonds is 6. The van der Waals surface area contributed by atoms with E-state index in [1.807, 2.05) is 6.92 Å². The molecule has 1 aromatic carbocycles. The first-order valence-corrected chi connectivity index (χ1v) is 5.94. The zero-order chi connectivity index (χ0) is 13.4. The molecular formula is C13H17FN2O2. The predicted octanol–water partition coefficient (Wildman–Crippen LogP) is 2.07. The summed E-state index contributed by atoms with van der Waals surface area (Å²) in [6.45, 7) is 2.57. The van der Waals surface area contributed by atoms with E-state index in [1.54, 1.807) is 6.07 Å². The highest BCUT2D eigenvalue weighted by atomic mass is 19.1. The van der Waals surface area contributed by atoms with Gasteiger partial charge in [0.25, 0.3) is 0 Å². The van der Waals surface area contributed by atoms with Crippen LogP contribution in [0.5, 0.6) is 0 Å². The summed E-state index contributed by atoms with van der Waals surface area (Å²) in [5.41, 5.74) is 0.0869. The summed E-state index contributed by atoms with van der Waals surface area (Å²) >= 11 is 0. The van der Waals surface area contributed by atoms with Crippen LogP contribution in [0.2, 0.25) is 0 Å². The first kappa shape index (κ1) is 14.2. The predicted molar refractivity (Wildman–Crippen MR) is 67.6 cm³/mol. The molecule has 0 fully saturated rings. The number of amides is 2. The van der Waals surface area contributed by atoms with Gasteiger partial charge in [-0.05, 0) is 18.6 Å². The maximum atomic E-state index is 13.2. The van der Waals surface area contributed by atoms with Crippen LogP contribution in [-0.4, -0.2) is 18.4 Å². The summed E-state index contributed by atoms with van der Waals surface area (Å²) in [5, 5.41) is 4.98. The van der Waals surface area contributed by atoms with E-state index >= 15 is 0 Å². The minimum Gasteiger partial charge on any atom is -0.356 e. The van der Waals surface area contributed by atoms with E-state index in [0.29, 0.717) is 6.54 Å². The molecule has 0 aliphatic heterocycles. The summed E-state index contributed by atoms with van der Waals surface area (Å²) in [7, 11) is 0. The fraction of sp³-hybridized carbons (Fsp3) is 0.385. The van der Waals surface area contributed by atoms with Crippen LogP contribution >= 0.6 is 0 Å². The molecule has 2 amide bonds. The summed E-state index contributed by atoms with van der Waals surface area (Å²) in [4.78, 5) is 22.8. The van der Waals surface area contributed by atoms with Gasteiger partial charge in [0, 0.05) is 6.54 Å². The van der Waals surface area contributed by atoms with Gasteiger partial charge in [-0.1, -0.05) is 25.5 Å². The molecule has 98 valence electrons. The maximum absolute atomic E-state index is 13.2. The molecule has 0 saturated heterocycles. The van der Waals surface area contributed by atoms with Crippen LogP contribution in [0.25, 0.3) is 0 Å². The largest absolute Gasteiger partial charge is 0.356 e. The lowest BCUT2D eigenvalue weighted by Gasteiger charge is -2.06. The number of unbranched alkanes of at least 4 members (excludes halogenated alkanes) is 1. The molecule has 18 heavy (non-hydrogen) atoms. The SMILES string of the molecule is CCCCNC(=O)CC(=O)Nc1ccccc1F. The van der Waals surface area contributed by atoms with Gasteiger partial charge in [-0.3, -0.25) is 9.59 Å². The lowest BCUT2D eigenvalue weighted by molar-refractivity contribution is -0.126. The highest BCUT2D eigenvalue weighted by Crippen LogP contribution is 2.12. The Kier molecular flexibility index (Phi) is 5.84. The highest BCUT2D eigenvalue weighted by Gasteiger charge is 2.10. The Labute approximate surface area is 106 Å². The number of anilines is 1. The van der Waals surface area contributed by atoms with E-state index in [4.69, 9.17) is 0 Å². The van der Waals surface area contributed by atoms with Crippen molar-refractivity contribution in [3.8, 4) is 0 Å². The van der Waals surface area contributed by atoms with Crippen LogP contribution in [0.3, 0.4) is 0 Å². The maximum Gasteiger partial charge on any atom is 0.233 e. The van der Waals surface area contributed by atoms with Crippen LogP contribution in [0.1, 0.15) is 26.2 Å². The smallest absolute Gasteiger partial charge is 0.233 e. The number of halogens is 1. The molecule has 0 radical (unpaired) electrons. The Balaban J connectivity index is 2.38. The molecule has 0 heterocycles. The third-order valence-corrected chi connectivity index (χ3v) is 2.32. The Bertz CT molecular complexity index is 421. The molecule has 0 aliphatic carbocycles. The molecule has 0 spiro atoms. The Hall–Kier alpha value is -1.91. The van der Waals surface area contributed by atoms with Crippen molar-refractivity contribution in [2.45, 2.75) is 26.2 Å². The third kappa shape index (κ3) is 4.95. The third-order valence-electron chi connectivity index (χ3n) is 2.32. The zero-order valence-electron chi connectivity index (χ0n) is 10.3. The van der Waals surface area contributed by atoms with Crippen molar-refractivity contribution >= 4 is 17.5 Å². The van der Waals surface area contributed by atoms with Gasteiger partial charge in [-0.15, -0.1) is 0 Å². The van der Waals surface area contributed by atoms with E-state index < -0.39 is 11.7 Å². The van der Waals surface area contributed by atoms with Gasteiger partial charge < -0.3 is 10.6 Å². The molecule has 1 aromatic rings. The molecule has 0 saturated carbocycles. The molecule has 0 bridgehead atoms. The second-order valence-corrected chi connectivity index (χ2v) is 3.91. The minimum atomic E-state index is -0.519. The second kappa shape index (κ2) is 7.42. The summed E-state index contributed by atoms with van der Waals surface area (Å²) < 4.78 is 13.2. The van der Waals surface area contributed by atoms with Crippen LogP contribution < -0.4 is 10.6 Å². The van der Waals surface area contributed by atoms with Crippen molar-refractivity contribution in [3.63, 3.8) is 0 Å². The molecule has 1 rings (SSSR count). The van der Waals surface area contributed by atoms with E-state index in [2.05, 4.69) is 10.6 Å². The van der Waals surface area contributed by atoms with Crippen molar-refractivity contribution in [2.75, 3.05) is 11.9 Å². The van der Waals surface area contributed by atoms with E-state index in [9.17, 15) is 14.0 Å². The molecule has 0 atom stereocenters. The van der Waals surface area contributed by atoms with Crippen molar-refractivity contribution in [1.29, 1.82) is 0 Å². The first-order chi connectivity index (χ1) is 8.63. The molecule has 0 aromatic heterocycles. The topological polar surface area (TPSA) is 58.2 Å². The fourth-order valence-electron chi connectivity index (χ4n) is 1.37. The summed E-state index contributed by atoms with van der Waals surface area (Å²) in [6, 6.07) is 5.83. The Morgan fingerprint density at radius 1 is 1.22 bits per heavy atom. The van der Waals surface area contributed by atoms with Crippen LogP contribution in [0.15, 0.2) is 24.3 Å². The molecule has 0 unspecified atom stereocenters. The van der Waals surface area contributed by atoms with Crippen molar-refractivity contribution in [2.24, 2.45) is 0 Å². The van der Waals surface area contributed by atoms with Gasteiger partial charge in [0.1, 0.15) is 12.2 Å². The lowest BCUT2D eigenvalue weighted by Crippen LogP contribution is -2.28.